The fourth-order valence-corrected chi connectivity index (χ4v) is 1.32. The van der Waals surface area contributed by atoms with E-state index in [1.165, 1.54) is 6.42 Å². The maximum atomic E-state index is 5.66. The van der Waals surface area contributed by atoms with Crippen LogP contribution >= 0.6 is 0 Å². The highest BCUT2D eigenvalue weighted by Gasteiger charge is 2.41. The first-order valence-corrected chi connectivity index (χ1v) is 3.52. The van der Waals surface area contributed by atoms with E-state index < -0.39 is 0 Å². The van der Waals surface area contributed by atoms with E-state index >= 15 is 0 Å². The van der Waals surface area contributed by atoms with E-state index in [9.17, 15) is 0 Å². The van der Waals surface area contributed by atoms with Crippen molar-refractivity contribution in [1.82, 2.24) is 0 Å². The highest BCUT2D eigenvalue weighted by Crippen LogP contribution is 2.36. The number of hydrogen-bond donors (Lipinski definition) is 1. The molecule has 1 unspecified atom stereocenters. The molecule has 0 aromatic heterocycles. The van der Waals surface area contributed by atoms with Crippen molar-refractivity contribution >= 4 is 0 Å². The highest BCUT2D eigenvalue weighted by atomic mass is 16.5. The molecule has 1 aliphatic rings. The number of ether oxygens (including phenoxy) is 1. The zero-order valence-electron chi connectivity index (χ0n) is 6.26. The fraction of sp³-hybridized carbons (Fsp3) is 0.750. The van der Waals surface area contributed by atoms with Crippen LogP contribution in [-0.4, -0.2) is 18.8 Å². The molecule has 2 nitrogen and oxygen atoms in total. The fourth-order valence-electron chi connectivity index (χ4n) is 1.32. The summed E-state index contributed by atoms with van der Waals surface area (Å²) in [5.41, 5.74) is 5.48. The molecule has 1 fully saturated rings. The van der Waals surface area contributed by atoms with Crippen LogP contribution in [-0.2, 0) is 4.74 Å². The first-order chi connectivity index (χ1) is 4.75. The van der Waals surface area contributed by atoms with Crippen LogP contribution in [0.25, 0.3) is 0 Å². The first kappa shape index (κ1) is 7.59. The average molecular weight is 139 g/mol. The van der Waals surface area contributed by atoms with E-state index in [0.717, 1.165) is 12.8 Å². The van der Waals surface area contributed by atoms with Gasteiger partial charge in [0, 0.05) is 7.11 Å². The minimum absolute atomic E-state index is 0.186. The van der Waals surface area contributed by atoms with Gasteiger partial charge in [0.25, 0.3) is 0 Å². The third-order valence-corrected chi connectivity index (χ3v) is 2.35. The summed E-state index contributed by atoms with van der Waals surface area (Å²) in [6.07, 6.45) is 8.39. The van der Waals surface area contributed by atoms with Crippen molar-refractivity contribution in [3.8, 4) is 12.3 Å². The number of terminal acetylenes is 1. The van der Waals surface area contributed by atoms with Gasteiger partial charge in [0.05, 0.1) is 11.6 Å². The van der Waals surface area contributed by atoms with E-state index in [4.69, 9.17) is 16.9 Å². The van der Waals surface area contributed by atoms with Crippen molar-refractivity contribution in [1.29, 1.82) is 0 Å². The van der Waals surface area contributed by atoms with Crippen molar-refractivity contribution in [3.63, 3.8) is 0 Å². The Kier molecular flexibility index (Phi) is 1.98. The minimum Gasteiger partial charge on any atom is -0.376 e. The predicted molar refractivity (Wildman–Crippen MR) is 40.4 cm³/mol. The van der Waals surface area contributed by atoms with Gasteiger partial charge in [-0.3, -0.25) is 0 Å². The lowest BCUT2D eigenvalue weighted by atomic mass is 9.75. The molecule has 10 heavy (non-hydrogen) atoms. The van der Waals surface area contributed by atoms with E-state index in [2.05, 4.69) is 5.92 Å². The molecule has 2 heteroatoms. The maximum Gasteiger partial charge on any atom is 0.0956 e. The number of methoxy groups -OCH3 is 1. The molecule has 0 heterocycles. The Morgan fingerprint density at radius 1 is 1.70 bits per heavy atom. The van der Waals surface area contributed by atoms with Crippen molar-refractivity contribution < 1.29 is 4.74 Å². The zero-order chi connectivity index (χ0) is 7.61. The summed E-state index contributed by atoms with van der Waals surface area (Å²) >= 11 is 0. The molecule has 0 aliphatic heterocycles. The SMILES string of the molecule is C#CC(N)C1(OC)CCC1. The molecule has 0 saturated heterocycles. The molecule has 56 valence electrons. The van der Waals surface area contributed by atoms with E-state index in [-0.39, 0.29) is 11.6 Å². The van der Waals surface area contributed by atoms with E-state index in [1.54, 1.807) is 7.11 Å². The second-order valence-corrected chi connectivity index (χ2v) is 2.77. The van der Waals surface area contributed by atoms with Crippen LogP contribution in [0.2, 0.25) is 0 Å². The molecule has 0 aromatic carbocycles. The Bertz CT molecular complexity index is 150. The summed E-state index contributed by atoms with van der Waals surface area (Å²) in [7, 11) is 1.68. The maximum absolute atomic E-state index is 5.66. The second-order valence-electron chi connectivity index (χ2n) is 2.77. The van der Waals surface area contributed by atoms with Gasteiger partial charge in [-0.25, -0.2) is 0 Å². The van der Waals surface area contributed by atoms with Crippen LogP contribution in [0.1, 0.15) is 19.3 Å². The molecule has 1 atom stereocenters. The van der Waals surface area contributed by atoms with Gasteiger partial charge in [-0.1, -0.05) is 5.92 Å². The third-order valence-electron chi connectivity index (χ3n) is 2.35. The molecule has 0 aromatic rings. The molecule has 0 amide bonds. The van der Waals surface area contributed by atoms with Gasteiger partial charge in [-0.2, -0.15) is 0 Å². The summed E-state index contributed by atoms with van der Waals surface area (Å²) in [4.78, 5) is 0. The van der Waals surface area contributed by atoms with Gasteiger partial charge >= 0.3 is 0 Å². The van der Waals surface area contributed by atoms with Gasteiger partial charge in [-0.05, 0) is 19.3 Å². The van der Waals surface area contributed by atoms with Crippen LogP contribution in [0.5, 0.6) is 0 Å². The quantitative estimate of drug-likeness (QED) is 0.566. The number of nitrogens with two attached hydrogens (primary N) is 1. The molecule has 0 spiro atoms. The topological polar surface area (TPSA) is 35.2 Å². The Morgan fingerprint density at radius 3 is 2.40 bits per heavy atom. The Balaban J connectivity index is 2.57. The second kappa shape index (κ2) is 2.61. The standard InChI is InChI=1S/C8H13NO/c1-3-7(9)8(10-2)5-4-6-8/h1,7H,4-6,9H2,2H3. The molecular weight excluding hydrogens is 126 g/mol. The summed E-state index contributed by atoms with van der Waals surface area (Å²) in [5, 5.41) is 0. The van der Waals surface area contributed by atoms with Crippen molar-refractivity contribution in [2.75, 3.05) is 7.11 Å². The summed E-state index contributed by atoms with van der Waals surface area (Å²) < 4.78 is 5.26. The largest absolute Gasteiger partial charge is 0.376 e. The highest BCUT2D eigenvalue weighted by molar-refractivity contribution is 5.12. The van der Waals surface area contributed by atoms with Gasteiger partial charge in [-0.15, -0.1) is 6.42 Å². The van der Waals surface area contributed by atoms with Gasteiger partial charge in [0.15, 0.2) is 0 Å². The Morgan fingerprint density at radius 2 is 2.30 bits per heavy atom. The zero-order valence-corrected chi connectivity index (χ0v) is 6.26. The van der Waals surface area contributed by atoms with Gasteiger partial charge < -0.3 is 10.5 Å². The summed E-state index contributed by atoms with van der Waals surface area (Å²) in [6.45, 7) is 0. The van der Waals surface area contributed by atoms with Crippen LogP contribution in [0.4, 0.5) is 0 Å². The van der Waals surface area contributed by atoms with Gasteiger partial charge in [0.2, 0.25) is 0 Å². The van der Waals surface area contributed by atoms with Crippen LogP contribution in [0, 0.1) is 12.3 Å². The Hall–Kier alpha value is -0.520. The normalized spacial score (nSPS) is 24.5. The minimum atomic E-state index is -0.230. The van der Waals surface area contributed by atoms with Gasteiger partial charge in [0.1, 0.15) is 0 Å². The molecular formula is C8H13NO. The summed E-state index contributed by atoms with van der Waals surface area (Å²) in [6, 6.07) is -0.230. The van der Waals surface area contributed by atoms with Crippen molar-refractivity contribution in [2.24, 2.45) is 5.73 Å². The van der Waals surface area contributed by atoms with Crippen LogP contribution in [0.3, 0.4) is 0 Å². The molecule has 1 rings (SSSR count). The Labute approximate surface area is 61.7 Å². The molecule has 1 saturated carbocycles. The number of rotatable bonds is 2. The third kappa shape index (κ3) is 0.920. The summed E-state index contributed by atoms with van der Waals surface area (Å²) in [5.74, 6) is 2.51. The molecule has 0 bridgehead atoms. The van der Waals surface area contributed by atoms with Crippen molar-refractivity contribution in [2.45, 2.75) is 30.9 Å². The number of hydrogen-bond acceptors (Lipinski definition) is 2. The van der Waals surface area contributed by atoms with Crippen LogP contribution in [0.15, 0.2) is 0 Å². The predicted octanol–water partition coefficient (Wildman–Crippen LogP) is 0.516. The van der Waals surface area contributed by atoms with Crippen molar-refractivity contribution in [3.05, 3.63) is 0 Å². The average Bonchev–Trinajstić information content (AvgIpc) is 1.86. The molecule has 2 N–H and O–H groups in total. The molecule has 1 aliphatic carbocycles. The molecule has 0 radical (unpaired) electrons. The first-order valence-electron chi connectivity index (χ1n) is 3.52. The van der Waals surface area contributed by atoms with Crippen LogP contribution < -0.4 is 5.73 Å². The van der Waals surface area contributed by atoms with E-state index in [0.29, 0.717) is 0 Å². The lowest BCUT2D eigenvalue weighted by Crippen LogP contribution is -2.53. The lowest BCUT2D eigenvalue weighted by molar-refractivity contribution is -0.0779. The monoisotopic (exact) mass is 139 g/mol. The lowest BCUT2D eigenvalue weighted by Gasteiger charge is -2.42. The van der Waals surface area contributed by atoms with E-state index in [1.807, 2.05) is 0 Å². The smallest absolute Gasteiger partial charge is 0.0956 e.